The van der Waals surface area contributed by atoms with Gasteiger partial charge in [0.1, 0.15) is 6.61 Å². The average molecular weight is 387 g/mol. The van der Waals surface area contributed by atoms with Gasteiger partial charge in [0, 0.05) is 13.2 Å². The molecule has 9 heteroatoms. The number of rotatable bonds is 10. The van der Waals surface area contributed by atoms with Crippen molar-refractivity contribution in [3.05, 3.63) is 35.9 Å². The lowest BCUT2D eigenvalue weighted by Gasteiger charge is -2.25. The number of hydrogen-bond acceptors (Lipinski definition) is 7. The predicted molar refractivity (Wildman–Crippen MR) is 95.8 cm³/mol. The van der Waals surface area contributed by atoms with Crippen LogP contribution in [0.25, 0.3) is 0 Å². The molecule has 0 aromatic heterocycles. The monoisotopic (exact) mass is 387 g/mol. The lowest BCUT2D eigenvalue weighted by atomic mass is 10.1. The molecule has 2 atom stereocenters. The van der Waals surface area contributed by atoms with Crippen molar-refractivity contribution < 1.29 is 32.7 Å². The lowest BCUT2D eigenvalue weighted by molar-refractivity contribution is -0.143. The third-order valence-electron chi connectivity index (χ3n) is 3.63. The van der Waals surface area contributed by atoms with E-state index in [-0.39, 0.29) is 18.7 Å². The first-order chi connectivity index (χ1) is 12.3. The van der Waals surface area contributed by atoms with Crippen LogP contribution >= 0.6 is 7.60 Å². The van der Waals surface area contributed by atoms with Gasteiger partial charge in [0.25, 0.3) is 0 Å². The van der Waals surface area contributed by atoms with E-state index in [9.17, 15) is 14.2 Å². The maximum atomic E-state index is 12.6. The van der Waals surface area contributed by atoms with Gasteiger partial charge in [-0.05, 0) is 11.5 Å². The summed E-state index contributed by atoms with van der Waals surface area (Å²) in [5.74, 6) is -0.733. The minimum Gasteiger partial charge on any atom is -0.467 e. The normalized spacial score (nSPS) is 14.3. The summed E-state index contributed by atoms with van der Waals surface area (Å²) >= 11 is 0. The number of benzene rings is 1. The summed E-state index contributed by atoms with van der Waals surface area (Å²) in [6, 6.07) is 8.72. The van der Waals surface area contributed by atoms with Gasteiger partial charge in [-0.1, -0.05) is 44.2 Å². The first kappa shape index (κ1) is 22.2. The van der Waals surface area contributed by atoms with Crippen molar-refractivity contribution in [1.82, 2.24) is 5.32 Å². The van der Waals surface area contributed by atoms with Gasteiger partial charge in [0.2, 0.25) is 0 Å². The van der Waals surface area contributed by atoms with Gasteiger partial charge >= 0.3 is 19.7 Å². The fourth-order valence-electron chi connectivity index (χ4n) is 1.97. The molecule has 2 unspecified atom stereocenters. The van der Waals surface area contributed by atoms with Crippen LogP contribution in [-0.4, -0.2) is 45.1 Å². The van der Waals surface area contributed by atoms with Crippen LogP contribution in [0.3, 0.4) is 0 Å². The molecule has 1 aromatic rings. The second-order valence-electron chi connectivity index (χ2n) is 5.88. The first-order valence-electron chi connectivity index (χ1n) is 8.13. The molecule has 0 radical (unpaired) electrons. The molecule has 1 amide bonds. The van der Waals surface area contributed by atoms with Crippen molar-refractivity contribution >= 4 is 19.7 Å². The molecule has 0 spiro atoms. The van der Waals surface area contributed by atoms with Crippen LogP contribution in [0.4, 0.5) is 4.79 Å². The van der Waals surface area contributed by atoms with Gasteiger partial charge in [-0.25, -0.2) is 9.59 Å². The van der Waals surface area contributed by atoms with Crippen LogP contribution in [0.15, 0.2) is 30.3 Å². The molecule has 0 bridgehead atoms. The zero-order chi connectivity index (χ0) is 19.6. The van der Waals surface area contributed by atoms with Gasteiger partial charge in [0.05, 0.1) is 13.3 Å². The van der Waals surface area contributed by atoms with Crippen molar-refractivity contribution in [3.8, 4) is 0 Å². The van der Waals surface area contributed by atoms with Gasteiger partial charge < -0.3 is 19.3 Å². The Labute approximate surface area is 153 Å². The Bertz CT molecular complexity index is 621. The molecule has 1 N–H and O–H groups in total. The Hall–Kier alpha value is -1.89. The van der Waals surface area contributed by atoms with Crippen molar-refractivity contribution in [2.45, 2.75) is 26.5 Å². The van der Waals surface area contributed by atoms with Crippen LogP contribution in [0.1, 0.15) is 19.4 Å². The molecule has 8 nitrogen and oxygen atoms in total. The highest BCUT2D eigenvalue weighted by Gasteiger charge is 2.32. The highest BCUT2D eigenvalue weighted by Crippen LogP contribution is 2.48. The number of alkyl carbamates (subject to hydrolysis) is 1. The summed E-state index contributed by atoms with van der Waals surface area (Å²) in [4.78, 5) is 23.2. The number of methoxy groups -OCH3 is 1. The number of hydrogen-bond donors (Lipinski definition) is 1. The Morgan fingerprint density at radius 2 is 1.81 bits per heavy atom. The molecule has 1 aromatic carbocycles. The summed E-state index contributed by atoms with van der Waals surface area (Å²) in [5, 5.41) is 2.67. The fourth-order valence-corrected chi connectivity index (χ4v) is 3.63. The Morgan fingerprint density at radius 1 is 1.15 bits per heavy atom. The number of carbonyl (C=O) groups is 2. The first-order valence-corrected chi connectivity index (χ1v) is 9.85. The average Bonchev–Trinajstić information content (AvgIpc) is 2.64. The zero-order valence-electron chi connectivity index (χ0n) is 15.5. The molecular weight excluding hydrogens is 361 g/mol. The molecule has 0 aliphatic heterocycles. The zero-order valence-corrected chi connectivity index (χ0v) is 16.4. The van der Waals surface area contributed by atoms with Crippen LogP contribution < -0.4 is 5.32 Å². The second kappa shape index (κ2) is 11.0. The van der Waals surface area contributed by atoms with Gasteiger partial charge in [-0.3, -0.25) is 9.09 Å². The van der Waals surface area contributed by atoms with E-state index < -0.39 is 32.3 Å². The van der Waals surface area contributed by atoms with Gasteiger partial charge in [-0.2, -0.15) is 0 Å². The van der Waals surface area contributed by atoms with E-state index in [0.29, 0.717) is 0 Å². The van der Waals surface area contributed by atoms with E-state index in [1.165, 1.54) is 14.2 Å². The molecule has 0 aliphatic rings. The van der Waals surface area contributed by atoms with E-state index in [1.807, 2.05) is 44.2 Å². The van der Waals surface area contributed by atoms with E-state index in [0.717, 1.165) is 5.56 Å². The van der Waals surface area contributed by atoms with Crippen molar-refractivity contribution in [2.75, 3.05) is 27.0 Å². The third-order valence-corrected chi connectivity index (χ3v) is 5.55. The predicted octanol–water partition coefficient (Wildman–Crippen LogP) is 2.97. The van der Waals surface area contributed by atoms with Crippen LogP contribution in [0.2, 0.25) is 0 Å². The summed E-state index contributed by atoms with van der Waals surface area (Å²) in [6.45, 7) is 3.33. The highest BCUT2D eigenvalue weighted by molar-refractivity contribution is 7.53. The van der Waals surface area contributed by atoms with E-state index >= 15 is 0 Å². The fraction of sp³-hybridized carbons (Fsp3) is 0.529. The summed E-state index contributed by atoms with van der Waals surface area (Å²) in [6.07, 6.45) is -0.735. The molecule has 146 valence electrons. The Balaban J connectivity index is 2.61. The van der Waals surface area contributed by atoms with Crippen molar-refractivity contribution in [2.24, 2.45) is 5.92 Å². The number of nitrogens with one attached hydrogen (secondary N) is 1. The maximum Gasteiger partial charge on any atom is 0.407 e. The topological polar surface area (TPSA) is 100 Å². The smallest absolute Gasteiger partial charge is 0.407 e. The standard InChI is InChI=1S/C17H26NO7P/c1-13(2)15(12-26(21,23-4)25-11-16(19)22-3)18-17(20)24-10-14-8-6-5-7-9-14/h5-9,13,15H,10-12H2,1-4H3,(H,18,20). The Kier molecular flexibility index (Phi) is 9.34. The summed E-state index contributed by atoms with van der Waals surface area (Å²) < 4.78 is 32.3. The molecule has 0 saturated heterocycles. The van der Waals surface area contributed by atoms with Crippen LogP contribution in [0, 0.1) is 5.92 Å². The number of amides is 1. The molecule has 1 rings (SSSR count). The molecule has 0 aliphatic carbocycles. The largest absolute Gasteiger partial charge is 0.467 e. The summed E-state index contributed by atoms with van der Waals surface area (Å²) in [7, 11) is -1.16. The van der Waals surface area contributed by atoms with E-state index in [2.05, 4.69) is 10.1 Å². The molecule has 0 heterocycles. The SMILES string of the molecule is COC(=O)COP(=O)(CC(NC(=O)OCc1ccccc1)C(C)C)OC. The van der Waals surface area contributed by atoms with Crippen molar-refractivity contribution in [1.29, 1.82) is 0 Å². The van der Waals surface area contributed by atoms with Crippen LogP contribution in [-0.2, 0) is 34.5 Å². The number of ether oxygens (including phenoxy) is 2. The third kappa shape index (κ3) is 7.99. The van der Waals surface area contributed by atoms with E-state index in [1.54, 1.807) is 0 Å². The van der Waals surface area contributed by atoms with Gasteiger partial charge in [-0.15, -0.1) is 0 Å². The van der Waals surface area contributed by atoms with E-state index in [4.69, 9.17) is 13.8 Å². The highest BCUT2D eigenvalue weighted by atomic mass is 31.2. The second-order valence-corrected chi connectivity index (χ2v) is 8.09. The van der Waals surface area contributed by atoms with Crippen molar-refractivity contribution in [3.63, 3.8) is 0 Å². The number of esters is 1. The number of carbonyl (C=O) groups excluding carboxylic acids is 2. The maximum absolute atomic E-state index is 12.6. The van der Waals surface area contributed by atoms with Gasteiger partial charge in [0.15, 0.2) is 6.61 Å². The molecular formula is C17H26NO7P. The lowest BCUT2D eigenvalue weighted by Crippen LogP contribution is -2.41. The molecule has 26 heavy (non-hydrogen) atoms. The quantitative estimate of drug-likeness (QED) is 0.487. The molecule has 0 saturated carbocycles. The molecule has 0 fully saturated rings. The Morgan fingerprint density at radius 3 is 2.35 bits per heavy atom. The minimum atomic E-state index is -3.58. The van der Waals surface area contributed by atoms with Crippen LogP contribution in [0.5, 0.6) is 0 Å². The summed E-state index contributed by atoms with van der Waals surface area (Å²) in [5.41, 5.74) is 0.854. The minimum absolute atomic E-state index is 0.0653.